The van der Waals surface area contributed by atoms with E-state index < -0.39 is 0 Å². The lowest BCUT2D eigenvalue weighted by molar-refractivity contribution is -0.0735. The average Bonchev–Trinajstić information content (AvgIpc) is 2.48. The maximum atomic E-state index is 5.99. The van der Waals surface area contributed by atoms with E-state index in [0.717, 1.165) is 32.2 Å². The van der Waals surface area contributed by atoms with Gasteiger partial charge in [0.15, 0.2) is 0 Å². The van der Waals surface area contributed by atoms with Gasteiger partial charge >= 0.3 is 0 Å². The van der Waals surface area contributed by atoms with Crippen LogP contribution in [0.5, 0.6) is 0 Å². The Bertz CT molecular complexity index is 422. The molecule has 2 saturated heterocycles. The monoisotopic (exact) mass is 288 g/mol. The molecule has 1 aromatic rings. The fourth-order valence-corrected chi connectivity index (χ4v) is 3.36. The van der Waals surface area contributed by atoms with Gasteiger partial charge in [-0.3, -0.25) is 0 Å². The van der Waals surface area contributed by atoms with Gasteiger partial charge in [0.25, 0.3) is 0 Å². The molecule has 0 radical (unpaired) electrons. The molecule has 116 valence electrons. The summed E-state index contributed by atoms with van der Waals surface area (Å²) in [5, 5.41) is 3.28. The molecule has 2 aliphatic rings. The first kappa shape index (κ1) is 15.0. The van der Waals surface area contributed by atoms with Gasteiger partial charge in [0.2, 0.25) is 0 Å². The fraction of sp³-hybridized carbons (Fsp3) is 0.667. The smallest absolute Gasteiger partial charge is 0.0902 e. The van der Waals surface area contributed by atoms with Crippen molar-refractivity contribution < 1.29 is 4.74 Å². The number of benzene rings is 1. The summed E-state index contributed by atoms with van der Waals surface area (Å²) in [5.74, 6) is 0.859. The highest BCUT2D eigenvalue weighted by Gasteiger charge is 2.32. The van der Waals surface area contributed by atoms with Crippen LogP contribution in [0.2, 0.25) is 0 Å². The number of hydrogen-bond acceptors (Lipinski definition) is 3. The molecule has 0 amide bonds. The van der Waals surface area contributed by atoms with Crippen molar-refractivity contribution in [2.24, 2.45) is 5.92 Å². The predicted octanol–water partition coefficient (Wildman–Crippen LogP) is 2.32. The van der Waals surface area contributed by atoms with Gasteiger partial charge in [-0.2, -0.15) is 0 Å². The first-order valence-electron chi connectivity index (χ1n) is 8.34. The number of rotatable bonds is 6. The number of likely N-dealkylation sites (tertiary alicyclic amines) is 1. The van der Waals surface area contributed by atoms with Crippen molar-refractivity contribution in [3.8, 4) is 0 Å². The second kappa shape index (κ2) is 6.91. The van der Waals surface area contributed by atoms with Crippen molar-refractivity contribution in [1.29, 1.82) is 0 Å². The molecule has 3 heteroatoms. The van der Waals surface area contributed by atoms with Gasteiger partial charge in [-0.25, -0.2) is 0 Å². The second-order valence-electron chi connectivity index (χ2n) is 6.88. The Morgan fingerprint density at radius 3 is 2.52 bits per heavy atom. The molecule has 1 N–H and O–H groups in total. The number of ether oxygens (including phenoxy) is 1. The highest BCUT2D eigenvalue weighted by atomic mass is 16.5. The summed E-state index contributed by atoms with van der Waals surface area (Å²) in [4.78, 5) is 2.57. The lowest BCUT2D eigenvalue weighted by Gasteiger charge is -2.40. The van der Waals surface area contributed by atoms with E-state index >= 15 is 0 Å². The standard InChI is InChI=1S/C18H28N2O/c1-18(14-19-15-18)21-12-11-20-9-7-17(8-10-20)13-16-5-3-2-4-6-16/h2-6,17,19H,7-15H2,1H3. The molecule has 0 bridgehead atoms. The zero-order chi connectivity index (χ0) is 14.5. The van der Waals surface area contributed by atoms with E-state index in [4.69, 9.17) is 4.74 Å². The Labute approximate surface area is 128 Å². The van der Waals surface area contributed by atoms with Crippen LogP contribution in [0, 0.1) is 5.92 Å². The van der Waals surface area contributed by atoms with Gasteiger partial charge in [-0.1, -0.05) is 30.3 Å². The molecule has 3 rings (SSSR count). The van der Waals surface area contributed by atoms with Gasteiger partial charge < -0.3 is 15.0 Å². The molecule has 0 aromatic heterocycles. The van der Waals surface area contributed by atoms with Crippen LogP contribution < -0.4 is 5.32 Å². The number of piperidine rings is 1. The van der Waals surface area contributed by atoms with Gasteiger partial charge in [-0.15, -0.1) is 0 Å². The first-order chi connectivity index (χ1) is 10.2. The van der Waals surface area contributed by atoms with Crippen molar-refractivity contribution in [2.45, 2.75) is 31.8 Å². The predicted molar refractivity (Wildman–Crippen MR) is 86.5 cm³/mol. The Hall–Kier alpha value is -0.900. The molecular weight excluding hydrogens is 260 g/mol. The maximum Gasteiger partial charge on any atom is 0.0902 e. The fourth-order valence-electron chi connectivity index (χ4n) is 3.36. The number of hydrogen-bond donors (Lipinski definition) is 1. The molecule has 21 heavy (non-hydrogen) atoms. The minimum atomic E-state index is 0.103. The summed E-state index contributed by atoms with van der Waals surface area (Å²) in [6, 6.07) is 10.9. The van der Waals surface area contributed by atoms with Crippen LogP contribution in [-0.4, -0.2) is 49.8 Å². The van der Waals surface area contributed by atoms with Crippen LogP contribution in [0.25, 0.3) is 0 Å². The highest BCUT2D eigenvalue weighted by molar-refractivity contribution is 5.15. The molecule has 3 nitrogen and oxygen atoms in total. The topological polar surface area (TPSA) is 24.5 Å². The Balaban J connectivity index is 1.33. The number of nitrogens with zero attached hydrogens (tertiary/aromatic N) is 1. The first-order valence-corrected chi connectivity index (χ1v) is 8.34. The minimum Gasteiger partial charge on any atom is -0.371 e. The highest BCUT2D eigenvalue weighted by Crippen LogP contribution is 2.22. The van der Waals surface area contributed by atoms with Crippen molar-refractivity contribution in [1.82, 2.24) is 10.2 Å². The van der Waals surface area contributed by atoms with E-state index in [-0.39, 0.29) is 5.60 Å². The van der Waals surface area contributed by atoms with E-state index in [1.807, 2.05) is 0 Å². The van der Waals surface area contributed by atoms with Gasteiger partial charge in [-0.05, 0) is 50.8 Å². The maximum absolute atomic E-state index is 5.99. The molecule has 2 aliphatic heterocycles. The van der Waals surface area contributed by atoms with Crippen molar-refractivity contribution in [2.75, 3.05) is 39.3 Å². The summed E-state index contributed by atoms with van der Waals surface area (Å²) < 4.78 is 5.99. The summed E-state index contributed by atoms with van der Waals surface area (Å²) >= 11 is 0. The summed E-state index contributed by atoms with van der Waals surface area (Å²) in [6.45, 7) is 8.65. The SMILES string of the molecule is CC1(OCCN2CCC(Cc3ccccc3)CC2)CNC1. The normalized spacial score (nSPS) is 22.9. The quantitative estimate of drug-likeness (QED) is 0.869. The molecule has 0 spiro atoms. The average molecular weight is 288 g/mol. The van der Waals surface area contributed by atoms with E-state index in [0.29, 0.717) is 0 Å². The van der Waals surface area contributed by atoms with E-state index in [2.05, 4.69) is 47.5 Å². The molecule has 0 unspecified atom stereocenters. The summed E-state index contributed by atoms with van der Waals surface area (Å²) in [6.07, 6.45) is 3.90. The van der Waals surface area contributed by atoms with Crippen LogP contribution in [0.4, 0.5) is 0 Å². The van der Waals surface area contributed by atoms with Gasteiger partial charge in [0.1, 0.15) is 0 Å². The van der Waals surface area contributed by atoms with Crippen LogP contribution in [-0.2, 0) is 11.2 Å². The third-order valence-corrected chi connectivity index (χ3v) is 4.93. The van der Waals surface area contributed by atoms with Crippen LogP contribution in [0.15, 0.2) is 30.3 Å². The van der Waals surface area contributed by atoms with E-state index in [1.54, 1.807) is 0 Å². The largest absolute Gasteiger partial charge is 0.371 e. The minimum absolute atomic E-state index is 0.103. The molecular formula is C18H28N2O. The van der Waals surface area contributed by atoms with Crippen LogP contribution in [0.1, 0.15) is 25.3 Å². The van der Waals surface area contributed by atoms with Gasteiger partial charge in [0, 0.05) is 19.6 Å². The molecule has 0 aliphatic carbocycles. The summed E-state index contributed by atoms with van der Waals surface area (Å²) in [5.41, 5.74) is 1.59. The Morgan fingerprint density at radius 2 is 1.90 bits per heavy atom. The zero-order valence-electron chi connectivity index (χ0n) is 13.2. The number of nitrogens with one attached hydrogen (secondary N) is 1. The van der Waals surface area contributed by atoms with Crippen molar-refractivity contribution in [3.63, 3.8) is 0 Å². The molecule has 0 saturated carbocycles. The van der Waals surface area contributed by atoms with Crippen LogP contribution in [0.3, 0.4) is 0 Å². The molecule has 1 aromatic carbocycles. The van der Waals surface area contributed by atoms with E-state index in [9.17, 15) is 0 Å². The Kier molecular flexibility index (Phi) is 4.94. The molecule has 2 fully saturated rings. The third-order valence-electron chi connectivity index (χ3n) is 4.93. The summed E-state index contributed by atoms with van der Waals surface area (Å²) in [7, 11) is 0. The third kappa shape index (κ3) is 4.29. The lowest BCUT2D eigenvalue weighted by Crippen LogP contribution is -2.59. The Morgan fingerprint density at radius 1 is 1.19 bits per heavy atom. The molecule has 2 heterocycles. The lowest BCUT2D eigenvalue weighted by atomic mass is 9.90. The second-order valence-corrected chi connectivity index (χ2v) is 6.88. The zero-order valence-corrected chi connectivity index (χ0v) is 13.2. The van der Waals surface area contributed by atoms with Crippen LogP contribution >= 0.6 is 0 Å². The van der Waals surface area contributed by atoms with Gasteiger partial charge in [0.05, 0.1) is 12.2 Å². The van der Waals surface area contributed by atoms with Crippen molar-refractivity contribution >= 4 is 0 Å². The van der Waals surface area contributed by atoms with Crippen molar-refractivity contribution in [3.05, 3.63) is 35.9 Å². The molecule has 0 atom stereocenters. The van der Waals surface area contributed by atoms with E-state index in [1.165, 1.54) is 37.9 Å².